The summed E-state index contributed by atoms with van der Waals surface area (Å²) in [5.41, 5.74) is 9.02. The topological polar surface area (TPSA) is 66.5 Å². The second-order valence-electron chi connectivity index (χ2n) is 8.37. The maximum Gasteiger partial charge on any atom is 0.119 e. The number of aryl methyl sites for hydroxylation is 2. The second kappa shape index (κ2) is 4.97. The van der Waals surface area contributed by atoms with Crippen LogP contribution >= 0.6 is 0 Å². The largest absolute Gasteiger partial charge is 0.508 e. The standard InChI is InChI=1S/C20H29NO2/c1-3-12-10-16-13(11-18(12)22)4-5-15-14(16)6-8-19(2)17(15)7-9-20(19,21)23/h10-11,14-15,17,22-23H,3-9,21H2,1-2H3/t14-,15+,17-,19-,20+/m0/s1. The lowest BCUT2D eigenvalue weighted by Crippen LogP contribution is -2.55. The van der Waals surface area contributed by atoms with Crippen LogP contribution in [0.1, 0.15) is 68.6 Å². The van der Waals surface area contributed by atoms with Crippen LogP contribution in [-0.4, -0.2) is 15.9 Å². The number of phenolic OH excluding ortho intramolecular Hbond substituents is 1. The first-order valence-corrected chi connectivity index (χ1v) is 9.23. The van der Waals surface area contributed by atoms with Crippen molar-refractivity contribution in [3.8, 4) is 5.75 Å². The van der Waals surface area contributed by atoms with E-state index in [0.29, 0.717) is 23.5 Å². The van der Waals surface area contributed by atoms with E-state index in [1.165, 1.54) is 17.5 Å². The summed E-state index contributed by atoms with van der Waals surface area (Å²) in [4.78, 5) is 0. The van der Waals surface area contributed by atoms with Crippen LogP contribution in [0.25, 0.3) is 0 Å². The number of fused-ring (bicyclic) bond motifs is 5. The molecular formula is C20H29NO2. The van der Waals surface area contributed by atoms with Crippen LogP contribution in [0.2, 0.25) is 0 Å². The predicted octanol–water partition coefficient (Wildman–Crippen LogP) is 3.46. The molecule has 4 rings (SSSR count). The zero-order valence-electron chi connectivity index (χ0n) is 14.3. The molecule has 23 heavy (non-hydrogen) atoms. The van der Waals surface area contributed by atoms with Gasteiger partial charge in [-0.2, -0.15) is 0 Å². The van der Waals surface area contributed by atoms with Crippen molar-refractivity contribution in [3.63, 3.8) is 0 Å². The molecule has 3 nitrogen and oxygen atoms in total. The van der Waals surface area contributed by atoms with Crippen molar-refractivity contribution in [2.24, 2.45) is 23.0 Å². The molecule has 0 bridgehead atoms. The van der Waals surface area contributed by atoms with Gasteiger partial charge in [-0.05, 0) is 85.5 Å². The number of benzene rings is 1. The van der Waals surface area contributed by atoms with Crippen molar-refractivity contribution in [2.75, 3.05) is 0 Å². The third-order valence-electron chi connectivity index (χ3n) is 7.52. The zero-order chi connectivity index (χ0) is 16.4. The highest BCUT2D eigenvalue weighted by atomic mass is 16.3. The molecule has 1 aromatic carbocycles. The van der Waals surface area contributed by atoms with Crippen LogP contribution in [0.15, 0.2) is 12.1 Å². The number of hydrogen-bond donors (Lipinski definition) is 3. The SMILES string of the molecule is CCc1cc2c(cc1O)CC[C@@H]1[C@@H]2CC[C@@]2(C)[C@H]1CC[C@@]2(N)O. The molecule has 0 aromatic heterocycles. The molecule has 2 saturated carbocycles. The molecule has 0 amide bonds. The molecule has 4 N–H and O–H groups in total. The highest BCUT2D eigenvalue weighted by molar-refractivity contribution is 5.45. The maximum absolute atomic E-state index is 10.7. The molecule has 0 aliphatic heterocycles. The average Bonchev–Trinajstić information content (AvgIpc) is 2.76. The van der Waals surface area contributed by atoms with Gasteiger partial charge in [0.25, 0.3) is 0 Å². The molecule has 2 fully saturated rings. The van der Waals surface area contributed by atoms with E-state index in [1.54, 1.807) is 0 Å². The Morgan fingerprint density at radius 1 is 1.22 bits per heavy atom. The summed E-state index contributed by atoms with van der Waals surface area (Å²) in [5.74, 6) is 2.20. The molecule has 3 aliphatic rings. The summed E-state index contributed by atoms with van der Waals surface area (Å²) in [6, 6.07) is 4.26. The van der Waals surface area contributed by atoms with E-state index >= 15 is 0 Å². The van der Waals surface area contributed by atoms with Gasteiger partial charge in [-0.25, -0.2) is 0 Å². The summed E-state index contributed by atoms with van der Waals surface area (Å²) >= 11 is 0. The van der Waals surface area contributed by atoms with Crippen LogP contribution in [0.3, 0.4) is 0 Å². The Morgan fingerprint density at radius 2 is 2.00 bits per heavy atom. The molecule has 0 unspecified atom stereocenters. The third-order valence-corrected chi connectivity index (χ3v) is 7.52. The number of phenols is 1. The second-order valence-corrected chi connectivity index (χ2v) is 8.37. The Bertz CT molecular complexity index is 639. The van der Waals surface area contributed by atoms with Crippen molar-refractivity contribution in [3.05, 3.63) is 28.8 Å². The van der Waals surface area contributed by atoms with Crippen LogP contribution < -0.4 is 5.73 Å². The highest BCUT2D eigenvalue weighted by Crippen LogP contribution is 2.63. The summed E-state index contributed by atoms with van der Waals surface area (Å²) in [6.45, 7) is 4.32. The van der Waals surface area contributed by atoms with E-state index in [9.17, 15) is 10.2 Å². The highest BCUT2D eigenvalue weighted by Gasteiger charge is 2.60. The fraction of sp³-hybridized carbons (Fsp3) is 0.700. The van der Waals surface area contributed by atoms with Crippen molar-refractivity contribution >= 4 is 0 Å². The molecule has 5 atom stereocenters. The lowest BCUT2D eigenvalue weighted by molar-refractivity contribution is -0.0984. The Kier molecular flexibility index (Phi) is 3.34. The van der Waals surface area contributed by atoms with Crippen LogP contribution in [0.5, 0.6) is 5.75 Å². The van der Waals surface area contributed by atoms with Crippen LogP contribution in [0.4, 0.5) is 0 Å². The Hall–Kier alpha value is -1.06. The van der Waals surface area contributed by atoms with Gasteiger partial charge in [-0.15, -0.1) is 0 Å². The summed E-state index contributed by atoms with van der Waals surface area (Å²) < 4.78 is 0. The van der Waals surface area contributed by atoms with Gasteiger partial charge >= 0.3 is 0 Å². The molecule has 126 valence electrons. The molecule has 0 heterocycles. The van der Waals surface area contributed by atoms with E-state index < -0.39 is 5.72 Å². The molecule has 0 spiro atoms. The Labute approximate surface area is 138 Å². The summed E-state index contributed by atoms with van der Waals surface area (Å²) in [5, 5.41) is 20.9. The predicted molar refractivity (Wildman–Crippen MR) is 91.2 cm³/mol. The average molecular weight is 315 g/mol. The molecule has 0 radical (unpaired) electrons. The first kappa shape index (κ1) is 15.5. The van der Waals surface area contributed by atoms with Gasteiger partial charge in [0.15, 0.2) is 0 Å². The number of hydrogen-bond acceptors (Lipinski definition) is 3. The first-order chi connectivity index (χ1) is 10.9. The van der Waals surface area contributed by atoms with E-state index in [1.807, 2.05) is 6.07 Å². The smallest absolute Gasteiger partial charge is 0.119 e. The minimum absolute atomic E-state index is 0.129. The van der Waals surface area contributed by atoms with Gasteiger partial charge in [-0.3, -0.25) is 0 Å². The van der Waals surface area contributed by atoms with Gasteiger partial charge < -0.3 is 15.9 Å². The van der Waals surface area contributed by atoms with Crippen molar-refractivity contribution < 1.29 is 10.2 Å². The summed E-state index contributed by atoms with van der Waals surface area (Å²) in [6.07, 6.45) is 6.99. The number of aliphatic hydroxyl groups is 1. The lowest BCUT2D eigenvalue weighted by Gasteiger charge is -2.52. The molecule has 0 saturated heterocycles. The minimum Gasteiger partial charge on any atom is -0.508 e. The molecule has 1 aromatic rings. The number of rotatable bonds is 1. The monoisotopic (exact) mass is 315 g/mol. The molecular weight excluding hydrogens is 286 g/mol. The quantitative estimate of drug-likeness (QED) is 0.695. The summed E-state index contributed by atoms with van der Waals surface area (Å²) in [7, 11) is 0. The van der Waals surface area contributed by atoms with E-state index in [4.69, 9.17) is 5.73 Å². The third kappa shape index (κ3) is 2.02. The molecule has 3 aliphatic carbocycles. The van der Waals surface area contributed by atoms with Crippen molar-refractivity contribution in [1.29, 1.82) is 0 Å². The number of nitrogens with two attached hydrogens (primary N) is 1. The maximum atomic E-state index is 10.7. The van der Waals surface area contributed by atoms with Gasteiger partial charge in [0, 0.05) is 5.41 Å². The Balaban J connectivity index is 1.73. The lowest BCUT2D eigenvalue weighted by atomic mass is 9.54. The van der Waals surface area contributed by atoms with E-state index in [-0.39, 0.29) is 5.41 Å². The van der Waals surface area contributed by atoms with Gasteiger partial charge in [0.1, 0.15) is 11.5 Å². The Morgan fingerprint density at radius 3 is 2.74 bits per heavy atom. The first-order valence-electron chi connectivity index (χ1n) is 9.23. The fourth-order valence-corrected chi connectivity index (χ4v) is 5.99. The van der Waals surface area contributed by atoms with Crippen LogP contribution in [0, 0.1) is 17.3 Å². The normalized spacial score (nSPS) is 42.0. The van der Waals surface area contributed by atoms with Gasteiger partial charge in [0.2, 0.25) is 0 Å². The van der Waals surface area contributed by atoms with Crippen molar-refractivity contribution in [2.45, 2.75) is 70.4 Å². The van der Waals surface area contributed by atoms with Crippen molar-refractivity contribution in [1.82, 2.24) is 0 Å². The molecule has 3 heteroatoms. The van der Waals surface area contributed by atoms with Gasteiger partial charge in [-0.1, -0.05) is 19.9 Å². The minimum atomic E-state index is -0.994. The zero-order valence-corrected chi connectivity index (χ0v) is 14.3. The fourth-order valence-electron chi connectivity index (χ4n) is 5.99. The van der Waals surface area contributed by atoms with Gasteiger partial charge in [0.05, 0.1) is 0 Å². The van der Waals surface area contributed by atoms with E-state index in [2.05, 4.69) is 19.9 Å². The number of aromatic hydroxyl groups is 1. The van der Waals surface area contributed by atoms with E-state index in [0.717, 1.165) is 44.1 Å². The van der Waals surface area contributed by atoms with Crippen LogP contribution in [-0.2, 0) is 12.8 Å².